The van der Waals surface area contributed by atoms with E-state index in [1.807, 2.05) is 103 Å². The Balaban J connectivity index is 0.000000182. The van der Waals surface area contributed by atoms with Crippen LogP contribution in [0.4, 0.5) is 0 Å². The molecule has 11 nitrogen and oxygen atoms in total. The van der Waals surface area contributed by atoms with Crippen molar-refractivity contribution in [3.8, 4) is 6.07 Å². The van der Waals surface area contributed by atoms with Crippen molar-refractivity contribution in [2.75, 3.05) is 41.3 Å². The van der Waals surface area contributed by atoms with E-state index in [9.17, 15) is 22.1 Å². The summed E-state index contributed by atoms with van der Waals surface area (Å²) >= 11 is 0. The Morgan fingerprint density at radius 3 is 1.43 bits per heavy atom. The highest BCUT2D eigenvalue weighted by atomic mass is 32.2. The Kier molecular flexibility index (Phi) is 16.6. The Hall–Kier alpha value is -6.37. The zero-order chi connectivity index (χ0) is 51.8. The number of hydrogen-bond donors (Lipinski definition) is 0. The van der Waals surface area contributed by atoms with E-state index in [4.69, 9.17) is 0 Å². The van der Waals surface area contributed by atoms with Gasteiger partial charge in [0.1, 0.15) is 0 Å². The van der Waals surface area contributed by atoms with Crippen molar-refractivity contribution in [2.24, 2.45) is 0 Å². The number of benzene rings is 6. The second kappa shape index (κ2) is 23.4. The molecule has 6 aromatic carbocycles. The molecule has 74 heavy (non-hydrogen) atoms. The van der Waals surface area contributed by atoms with Gasteiger partial charge < -0.3 is 18.9 Å². The first-order chi connectivity index (χ1) is 35.7. The first kappa shape index (κ1) is 52.5. The number of sulfonamides is 2. The normalized spacial score (nSPS) is 17.0. The summed E-state index contributed by atoms with van der Waals surface area (Å²) in [5.41, 5.74) is 10.4. The molecule has 1 unspecified atom stereocenters. The fraction of sp³-hybridized carbons (Fsp3) is 0.328. The maximum Gasteiger partial charge on any atom is 0.234 e. The van der Waals surface area contributed by atoms with Crippen LogP contribution < -0.4 is 0 Å². The molecule has 0 saturated carbocycles. The lowest BCUT2D eigenvalue weighted by atomic mass is 10.0. The first-order valence-corrected chi connectivity index (χ1v) is 28.9. The summed E-state index contributed by atoms with van der Waals surface area (Å²) in [6.45, 7) is 4.37. The summed E-state index contributed by atoms with van der Waals surface area (Å²) in [5, 5.41) is 11.0. The van der Waals surface area contributed by atoms with Crippen molar-refractivity contribution in [1.82, 2.24) is 27.5 Å². The number of fused-ring (bicyclic) bond motifs is 2. The number of aromatic nitrogens is 2. The van der Waals surface area contributed by atoms with Gasteiger partial charge in [0.15, 0.2) is 5.25 Å². The molecule has 2 aromatic heterocycles. The fourth-order valence-corrected chi connectivity index (χ4v) is 13.4. The predicted octanol–water partition coefficient (Wildman–Crippen LogP) is 10.6. The van der Waals surface area contributed by atoms with Crippen molar-refractivity contribution in [3.05, 3.63) is 215 Å². The molecular formula is C61H69N7O4S2. The number of likely N-dealkylation sites (tertiary alicyclic amines) is 2. The van der Waals surface area contributed by atoms with E-state index in [1.54, 1.807) is 20.2 Å². The molecule has 2 aliphatic heterocycles. The van der Waals surface area contributed by atoms with Crippen molar-refractivity contribution in [3.63, 3.8) is 0 Å². The van der Waals surface area contributed by atoms with Crippen LogP contribution in [-0.2, 0) is 64.8 Å². The van der Waals surface area contributed by atoms with E-state index in [-0.39, 0.29) is 12.3 Å². The lowest BCUT2D eigenvalue weighted by Gasteiger charge is -2.21. The van der Waals surface area contributed by atoms with Crippen LogP contribution in [0.5, 0.6) is 0 Å². The Morgan fingerprint density at radius 2 is 0.986 bits per heavy atom. The van der Waals surface area contributed by atoms with Gasteiger partial charge in [-0.15, -0.1) is 0 Å². The zero-order valence-corrected chi connectivity index (χ0v) is 44.8. The van der Waals surface area contributed by atoms with Crippen LogP contribution in [0, 0.1) is 11.3 Å². The van der Waals surface area contributed by atoms with E-state index in [2.05, 4.69) is 100 Å². The Morgan fingerprint density at radius 1 is 0.554 bits per heavy atom. The lowest BCUT2D eigenvalue weighted by Crippen LogP contribution is -2.30. The second-order valence-electron chi connectivity index (χ2n) is 20.4. The molecule has 2 aliphatic rings. The van der Waals surface area contributed by atoms with E-state index in [0.29, 0.717) is 24.2 Å². The van der Waals surface area contributed by atoms with Gasteiger partial charge in [0.05, 0.1) is 11.8 Å². The molecule has 0 radical (unpaired) electrons. The van der Waals surface area contributed by atoms with Gasteiger partial charge in [-0.25, -0.2) is 21.1 Å². The summed E-state index contributed by atoms with van der Waals surface area (Å²) in [7, 11) is 0.246. The van der Waals surface area contributed by atoms with E-state index < -0.39 is 25.3 Å². The molecular weight excluding hydrogens is 959 g/mol. The minimum absolute atomic E-state index is 0.00108. The summed E-state index contributed by atoms with van der Waals surface area (Å²) in [6.07, 6.45) is 11.2. The molecule has 10 rings (SSSR count). The van der Waals surface area contributed by atoms with Crippen molar-refractivity contribution in [2.45, 2.75) is 87.8 Å². The highest BCUT2D eigenvalue weighted by Gasteiger charge is 2.33. The largest absolute Gasteiger partial charge is 0.343 e. The van der Waals surface area contributed by atoms with Crippen LogP contribution in [0.2, 0.25) is 0 Å². The van der Waals surface area contributed by atoms with Gasteiger partial charge in [0.25, 0.3) is 0 Å². The number of nitriles is 1. The highest BCUT2D eigenvalue weighted by Crippen LogP contribution is 2.34. The van der Waals surface area contributed by atoms with Crippen molar-refractivity contribution >= 4 is 41.9 Å². The maximum atomic E-state index is 13.5. The smallest absolute Gasteiger partial charge is 0.234 e. The zero-order valence-electron chi connectivity index (χ0n) is 43.2. The topological polar surface area (TPSA) is 115 Å². The van der Waals surface area contributed by atoms with Crippen LogP contribution in [-0.4, -0.2) is 97.7 Å². The van der Waals surface area contributed by atoms with E-state index >= 15 is 0 Å². The van der Waals surface area contributed by atoms with Gasteiger partial charge >= 0.3 is 0 Å². The average Bonchev–Trinajstić information content (AvgIpc) is 4.18. The highest BCUT2D eigenvalue weighted by molar-refractivity contribution is 7.89. The summed E-state index contributed by atoms with van der Waals surface area (Å²) in [5.74, 6) is -0.00108. The van der Waals surface area contributed by atoms with Gasteiger partial charge in [-0.05, 0) is 134 Å². The number of hydrogen-bond acceptors (Lipinski definition) is 7. The molecule has 8 aromatic rings. The molecule has 384 valence electrons. The second-order valence-corrected chi connectivity index (χ2v) is 24.6. The molecule has 0 spiro atoms. The molecule has 2 fully saturated rings. The third-order valence-electron chi connectivity index (χ3n) is 15.1. The number of nitrogens with zero attached hydrogens (tertiary/aromatic N) is 7. The van der Waals surface area contributed by atoms with Gasteiger partial charge in [0.2, 0.25) is 20.0 Å². The standard InChI is InChI=1S/C31H34N4O2S.C30H35N3O2S/c1-33-17-9-14-28(33)18-27-23-35(22-25-12-7-4-8-13-25)30-16-15-26(19-29(27)30)31(20-32)38(36,37)34(2)21-24-10-5-3-6-11-24;1-31-17-9-14-28(31)19-27-22-33(21-25-12-7-4-8-13-25)30-16-15-26(18-29(27)30)23-36(34,35)32(2)20-24-10-5-3-6-11-24/h3-8,10-13,15-16,19,23,28,31H,9,14,17-18,21-22H2,1-2H3;3-8,10-13,15-16,18,22,28H,9,14,17,19-21,23H2,1-2H3/t28-,31?;28-/m11/s1. The molecule has 0 aliphatic carbocycles. The van der Waals surface area contributed by atoms with Gasteiger partial charge in [-0.1, -0.05) is 133 Å². The SMILES string of the molecule is CN1CCC[C@@H]1Cc1cn(Cc2ccccc2)c2ccc(C(C#N)S(=O)(=O)N(C)Cc3ccccc3)cc12.CN1CCC[C@@H]1Cc1cn(Cc2ccccc2)c2ccc(CS(=O)(=O)N(C)Cc3ccccc3)cc12. The first-order valence-electron chi connectivity index (χ1n) is 25.8. The molecule has 4 heterocycles. The summed E-state index contributed by atoms with van der Waals surface area (Å²) in [6, 6.07) is 55.0. The van der Waals surface area contributed by atoms with Crippen LogP contribution in [0.1, 0.15) is 75.4 Å². The summed E-state index contributed by atoms with van der Waals surface area (Å²) in [4.78, 5) is 4.86. The van der Waals surface area contributed by atoms with Gasteiger partial charge in [-0.3, -0.25) is 0 Å². The molecule has 0 bridgehead atoms. The van der Waals surface area contributed by atoms with Crippen LogP contribution >= 0.6 is 0 Å². The fourth-order valence-electron chi connectivity index (χ4n) is 10.9. The van der Waals surface area contributed by atoms with Crippen molar-refractivity contribution < 1.29 is 16.8 Å². The lowest BCUT2D eigenvalue weighted by molar-refractivity contribution is 0.309. The molecule has 3 atom stereocenters. The average molecular weight is 1030 g/mol. The quantitative estimate of drug-likeness (QED) is 0.0841. The molecule has 13 heteroatoms. The third-order valence-corrected chi connectivity index (χ3v) is 18.9. The molecule has 0 amide bonds. The Labute approximate surface area is 439 Å². The molecule has 0 N–H and O–H groups in total. The van der Waals surface area contributed by atoms with Gasteiger partial charge in [-0.2, -0.15) is 9.57 Å². The molecule has 2 saturated heterocycles. The predicted molar refractivity (Wildman–Crippen MR) is 299 cm³/mol. The monoisotopic (exact) mass is 1030 g/mol. The van der Waals surface area contributed by atoms with Crippen LogP contribution in [0.15, 0.2) is 170 Å². The number of rotatable bonds is 18. The van der Waals surface area contributed by atoms with Crippen molar-refractivity contribution in [1.29, 1.82) is 5.26 Å². The minimum atomic E-state index is -3.90. The maximum absolute atomic E-state index is 13.5. The number of likely N-dealkylation sites (N-methyl/N-ethyl adjacent to an activating group) is 2. The van der Waals surface area contributed by atoms with Gasteiger partial charge in [0, 0.05) is 86.6 Å². The minimum Gasteiger partial charge on any atom is -0.343 e. The summed E-state index contributed by atoms with van der Waals surface area (Å²) < 4.78 is 60.8. The Bertz CT molecular complexity index is 3410. The van der Waals surface area contributed by atoms with Crippen LogP contribution in [0.3, 0.4) is 0 Å². The van der Waals surface area contributed by atoms with Crippen LogP contribution in [0.25, 0.3) is 21.8 Å². The van der Waals surface area contributed by atoms with E-state index in [1.165, 1.54) is 55.5 Å². The van der Waals surface area contributed by atoms with E-state index in [0.717, 1.165) is 78.6 Å². The third kappa shape index (κ3) is 12.4.